The van der Waals surface area contributed by atoms with E-state index in [1.165, 1.54) is 18.2 Å². The van der Waals surface area contributed by atoms with Crippen molar-refractivity contribution in [1.82, 2.24) is 0 Å². The number of anilines is 1. The number of fused-ring (bicyclic) bond motifs is 1. The third-order valence-electron chi connectivity index (χ3n) is 2.76. The summed E-state index contributed by atoms with van der Waals surface area (Å²) >= 11 is 0. The fourth-order valence-corrected chi connectivity index (χ4v) is 1.90. The smallest absolute Gasteiger partial charge is 0.401 e. The molecule has 0 aliphatic carbocycles. The van der Waals surface area contributed by atoms with Gasteiger partial charge in [-0.3, -0.25) is 14.9 Å². The number of hydrogen-bond acceptors (Lipinski definition) is 5. The topological polar surface area (TPSA) is 85.4 Å². The van der Waals surface area contributed by atoms with Gasteiger partial charge < -0.3 is 9.73 Å². The van der Waals surface area contributed by atoms with E-state index in [2.05, 4.69) is 5.32 Å². The highest BCUT2D eigenvalue weighted by Crippen LogP contribution is 2.29. The lowest BCUT2D eigenvalue weighted by molar-refractivity contribution is -0.402. The van der Waals surface area contributed by atoms with Crippen LogP contribution in [0.1, 0.15) is 16.1 Å². The Labute approximate surface area is 107 Å². The summed E-state index contributed by atoms with van der Waals surface area (Å²) in [5.41, 5.74) is 1.64. The first-order valence-corrected chi connectivity index (χ1v) is 5.52. The average Bonchev–Trinajstić information content (AvgIpc) is 2.97. The van der Waals surface area contributed by atoms with Crippen LogP contribution >= 0.6 is 0 Å². The maximum absolute atomic E-state index is 12.0. The minimum Gasteiger partial charge on any atom is -0.401 e. The molecule has 0 atom stereocenters. The molecule has 94 valence electrons. The van der Waals surface area contributed by atoms with Crippen LogP contribution in [0.15, 0.2) is 46.5 Å². The van der Waals surface area contributed by atoms with Crippen molar-refractivity contribution in [2.75, 3.05) is 5.32 Å². The van der Waals surface area contributed by atoms with Gasteiger partial charge in [0.25, 0.3) is 0 Å². The summed E-state index contributed by atoms with van der Waals surface area (Å²) in [6, 6.07) is 9.80. The number of carbonyl (C=O) groups excluding carboxylic acids is 1. The van der Waals surface area contributed by atoms with Gasteiger partial charge in [-0.25, -0.2) is 0 Å². The van der Waals surface area contributed by atoms with Gasteiger partial charge in [-0.15, -0.1) is 0 Å². The van der Waals surface area contributed by atoms with E-state index in [9.17, 15) is 14.9 Å². The number of ketones is 1. The van der Waals surface area contributed by atoms with E-state index in [1.54, 1.807) is 18.2 Å². The number of nitro groups is 1. The molecule has 6 nitrogen and oxygen atoms in total. The Balaban J connectivity index is 1.94. The molecule has 6 heteroatoms. The Hall–Kier alpha value is -2.89. The van der Waals surface area contributed by atoms with Crippen LogP contribution in [0.2, 0.25) is 0 Å². The SMILES string of the molecule is O=C1/C(=C\c2ccc([N+](=O)[O-])o2)Nc2ccccc21. The third-order valence-corrected chi connectivity index (χ3v) is 2.76. The van der Waals surface area contributed by atoms with E-state index in [0.717, 1.165) is 5.69 Å². The summed E-state index contributed by atoms with van der Waals surface area (Å²) in [5, 5.41) is 13.5. The van der Waals surface area contributed by atoms with Crippen LogP contribution in [0.4, 0.5) is 11.6 Å². The van der Waals surface area contributed by atoms with E-state index in [4.69, 9.17) is 4.42 Å². The number of hydrogen-bond donors (Lipinski definition) is 1. The van der Waals surface area contributed by atoms with Crippen molar-refractivity contribution in [2.24, 2.45) is 0 Å². The lowest BCUT2D eigenvalue weighted by Crippen LogP contribution is -1.99. The van der Waals surface area contributed by atoms with E-state index in [0.29, 0.717) is 11.3 Å². The molecule has 1 N–H and O–H groups in total. The molecule has 0 fully saturated rings. The van der Waals surface area contributed by atoms with Crippen molar-refractivity contribution in [1.29, 1.82) is 0 Å². The fraction of sp³-hybridized carbons (Fsp3) is 0. The first kappa shape index (κ1) is 11.2. The maximum Gasteiger partial charge on any atom is 0.433 e. The summed E-state index contributed by atoms with van der Waals surface area (Å²) < 4.78 is 4.99. The number of Topliss-reactive ketones (excluding diaryl/α,β-unsaturated/α-hetero) is 1. The largest absolute Gasteiger partial charge is 0.433 e. The predicted octanol–water partition coefficient (Wildman–Crippen LogP) is 2.84. The Morgan fingerprint density at radius 2 is 2.00 bits per heavy atom. The lowest BCUT2D eigenvalue weighted by Gasteiger charge is -1.96. The summed E-state index contributed by atoms with van der Waals surface area (Å²) in [5.74, 6) is -0.250. The molecule has 1 aromatic carbocycles. The Morgan fingerprint density at radius 3 is 2.68 bits per heavy atom. The molecule has 0 unspecified atom stereocenters. The van der Waals surface area contributed by atoms with Crippen molar-refractivity contribution in [3.05, 3.63) is 63.5 Å². The van der Waals surface area contributed by atoms with Crippen LogP contribution < -0.4 is 5.32 Å². The van der Waals surface area contributed by atoms with Crippen LogP contribution in [0.3, 0.4) is 0 Å². The molecule has 19 heavy (non-hydrogen) atoms. The summed E-state index contributed by atoms with van der Waals surface area (Å²) in [7, 11) is 0. The maximum atomic E-state index is 12.0. The molecule has 1 aliphatic heterocycles. The van der Waals surface area contributed by atoms with E-state index in [1.807, 2.05) is 6.07 Å². The first-order chi connectivity index (χ1) is 9.15. The van der Waals surface area contributed by atoms with Gasteiger partial charge in [-0.05, 0) is 18.2 Å². The van der Waals surface area contributed by atoms with E-state index >= 15 is 0 Å². The highest BCUT2D eigenvalue weighted by Gasteiger charge is 2.24. The molecule has 0 saturated heterocycles. The number of allylic oxidation sites excluding steroid dienone is 1. The number of nitrogens with zero attached hydrogens (tertiary/aromatic N) is 1. The van der Waals surface area contributed by atoms with E-state index in [-0.39, 0.29) is 17.4 Å². The first-order valence-electron chi connectivity index (χ1n) is 5.52. The highest BCUT2D eigenvalue weighted by molar-refractivity contribution is 6.20. The van der Waals surface area contributed by atoms with Crippen LogP contribution in [-0.2, 0) is 0 Å². The molecule has 3 rings (SSSR count). The van der Waals surface area contributed by atoms with Crippen molar-refractivity contribution in [2.45, 2.75) is 0 Å². The van der Waals surface area contributed by atoms with Gasteiger partial charge in [0, 0.05) is 17.3 Å². The Morgan fingerprint density at radius 1 is 1.21 bits per heavy atom. The third kappa shape index (κ3) is 1.89. The molecule has 2 heterocycles. The normalized spacial score (nSPS) is 15.4. The van der Waals surface area contributed by atoms with Crippen molar-refractivity contribution in [3.8, 4) is 0 Å². The number of para-hydroxylation sites is 1. The van der Waals surface area contributed by atoms with Gasteiger partial charge in [0.1, 0.15) is 10.7 Å². The summed E-state index contributed by atoms with van der Waals surface area (Å²) in [6.45, 7) is 0. The minimum atomic E-state index is -0.624. The molecular formula is C13H8N2O4. The summed E-state index contributed by atoms with van der Waals surface area (Å²) in [6.07, 6.45) is 1.45. The van der Waals surface area contributed by atoms with Crippen LogP contribution in [-0.4, -0.2) is 10.7 Å². The molecule has 2 aromatic rings. The number of nitrogens with one attached hydrogen (secondary N) is 1. The molecule has 0 bridgehead atoms. The van der Waals surface area contributed by atoms with Crippen LogP contribution in [0, 0.1) is 10.1 Å². The minimum absolute atomic E-state index is 0.158. The molecule has 1 aromatic heterocycles. The van der Waals surface area contributed by atoms with Crippen molar-refractivity contribution >= 4 is 23.4 Å². The molecule has 1 aliphatic rings. The van der Waals surface area contributed by atoms with Gasteiger partial charge in [-0.2, -0.15) is 0 Å². The quantitative estimate of drug-likeness (QED) is 0.507. The van der Waals surface area contributed by atoms with Gasteiger partial charge in [0.05, 0.1) is 11.8 Å². The standard InChI is InChI=1S/C13H8N2O4/c16-13-9-3-1-2-4-10(9)14-11(13)7-8-5-6-12(19-8)15(17)18/h1-7,14H/b11-7+. The van der Waals surface area contributed by atoms with Crippen LogP contribution in [0.25, 0.3) is 6.08 Å². The van der Waals surface area contributed by atoms with Crippen molar-refractivity contribution < 1.29 is 14.1 Å². The molecule has 0 radical (unpaired) electrons. The summed E-state index contributed by atoms with van der Waals surface area (Å²) in [4.78, 5) is 21.9. The lowest BCUT2D eigenvalue weighted by atomic mass is 10.1. The predicted molar refractivity (Wildman–Crippen MR) is 67.7 cm³/mol. The van der Waals surface area contributed by atoms with Gasteiger partial charge in [0.2, 0.25) is 5.78 Å². The highest BCUT2D eigenvalue weighted by atomic mass is 16.6. The van der Waals surface area contributed by atoms with E-state index < -0.39 is 4.92 Å². The zero-order chi connectivity index (χ0) is 13.4. The second-order valence-corrected chi connectivity index (χ2v) is 3.99. The fourth-order valence-electron chi connectivity index (χ4n) is 1.90. The number of rotatable bonds is 2. The molecule has 0 amide bonds. The molecule has 0 spiro atoms. The van der Waals surface area contributed by atoms with Gasteiger partial charge in [-0.1, -0.05) is 12.1 Å². The number of benzene rings is 1. The van der Waals surface area contributed by atoms with Crippen molar-refractivity contribution in [3.63, 3.8) is 0 Å². The number of carbonyl (C=O) groups is 1. The Kier molecular flexibility index (Phi) is 2.42. The molecular weight excluding hydrogens is 248 g/mol. The second-order valence-electron chi connectivity index (χ2n) is 3.99. The number of furan rings is 1. The monoisotopic (exact) mass is 256 g/mol. The van der Waals surface area contributed by atoms with Gasteiger partial charge >= 0.3 is 5.88 Å². The zero-order valence-corrected chi connectivity index (χ0v) is 9.62. The Bertz CT molecular complexity index is 715. The van der Waals surface area contributed by atoms with Crippen LogP contribution in [0.5, 0.6) is 0 Å². The molecule has 0 saturated carbocycles. The average molecular weight is 256 g/mol. The van der Waals surface area contributed by atoms with Gasteiger partial charge in [0.15, 0.2) is 0 Å². The zero-order valence-electron chi connectivity index (χ0n) is 9.62. The second kappa shape index (κ2) is 4.09.